The molecule has 0 saturated heterocycles. The number of nitrogens with zero attached hydrogens (tertiary/aromatic N) is 1. The van der Waals surface area contributed by atoms with E-state index in [1.165, 1.54) is 10.9 Å². The molecule has 0 saturated carbocycles. The Labute approximate surface area is 107 Å². The largest absolute Gasteiger partial charge is 0.370 e. The maximum absolute atomic E-state index is 10.8. The predicted octanol–water partition coefficient (Wildman–Crippen LogP) is 1.63. The summed E-state index contributed by atoms with van der Waals surface area (Å²) >= 11 is 0. The van der Waals surface area contributed by atoms with E-state index in [2.05, 4.69) is 41.1 Å². The normalized spacial score (nSPS) is 10.9. The van der Waals surface area contributed by atoms with Crippen LogP contribution in [0.4, 0.5) is 0 Å². The summed E-state index contributed by atoms with van der Waals surface area (Å²) in [6.45, 7) is 4.56. The molecule has 0 aliphatic carbocycles. The van der Waals surface area contributed by atoms with Crippen LogP contribution in [-0.4, -0.2) is 17.0 Å². The lowest BCUT2D eigenvalue weighted by Crippen LogP contribution is -2.13. The van der Waals surface area contributed by atoms with Gasteiger partial charge in [0, 0.05) is 36.6 Å². The molecule has 0 atom stereocenters. The van der Waals surface area contributed by atoms with E-state index in [4.69, 9.17) is 5.73 Å². The van der Waals surface area contributed by atoms with Crippen LogP contribution >= 0.6 is 0 Å². The number of rotatable bonds is 6. The monoisotopic (exact) mass is 245 g/mol. The Morgan fingerprint density at radius 2 is 2.22 bits per heavy atom. The molecule has 0 radical (unpaired) electrons. The molecule has 1 amide bonds. The number of nitrogens with two attached hydrogens (primary N) is 1. The van der Waals surface area contributed by atoms with Crippen molar-refractivity contribution in [3.63, 3.8) is 0 Å². The number of amides is 1. The van der Waals surface area contributed by atoms with Gasteiger partial charge in [-0.1, -0.05) is 19.1 Å². The van der Waals surface area contributed by atoms with Crippen molar-refractivity contribution in [3.05, 3.63) is 36.0 Å². The molecule has 18 heavy (non-hydrogen) atoms. The first-order chi connectivity index (χ1) is 8.72. The number of aryl methyl sites for hydroxylation is 1. The van der Waals surface area contributed by atoms with E-state index in [1.54, 1.807) is 0 Å². The molecule has 0 unspecified atom stereocenters. The number of hydrogen-bond acceptors (Lipinski definition) is 2. The molecule has 0 aliphatic heterocycles. The zero-order valence-corrected chi connectivity index (χ0v) is 10.6. The van der Waals surface area contributed by atoms with E-state index in [1.807, 2.05) is 6.20 Å². The van der Waals surface area contributed by atoms with E-state index in [9.17, 15) is 4.79 Å². The lowest BCUT2D eigenvalue weighted by Gasteiger charge is -2.06. The second kappa shape index (κ2) is 5.69. The number of nitrogens with one attached hydrogen (secondary N) is 1. The molecular weight excluding hydrogens is 226 g/mol. The Kier molecular flexibility index (Phi) is 3.99. The predicted molar refractivity (Wildman–Crippen MR) is 73.1 cm³/mol. The average molecular weight is 245 g/mol. The Bertz CT molecular complexity index is 545. The van der Waals surface area contributed by atoms with Crippen LogP contribution in [-0.2, 0) is 17.9 Å². The smallest absolute Gasteiger partial charge is 0.219 e. The van der Waals surface area contributed by atoms with Gasteiger partial charge in [0.15, 0.2) is 0 Å². The summed E-state index contributed by atoms with van der Waals surface area (Å²) in [5.74, 6) is -0.263. The Morgan fingerprint density at radius 1 is 1.39 bits per heavy atom. The SMILES string of the molecule is CCNCc1cccc2c1ccn2CCC(N)=O. The molecule has 2 rings (SSSR count). The molecule has 4 nitrogen and oxygen atoms in total. The van der Waals surface area contributed by atoms with Gasteiger partial charge in [0.05, 0.1) is 0 Å². The highest BCUT2D eigenvalue weighted by Crippen LogP contribution is 2.20. The molecule has 4 heteroatoms. The summed E-state index contributed by atoms with van der Waals surface area (Å²) < 4.78 is 2.08. The van der Waals surface area contributed by atoms with Crippen LogP contribution in [0, 0.1) is 0 Å². The van der Waals surface area contributed by atoms with Crippen LogP contribution in [0.15, 0.2) is 30.5 Å². The van der Waals surface area contributed by atoms with E-state index in [0.29, 0.717) is 13.0 Å². The van der Waals surface area contributed by atoms with Crippen molar-refractivity contribution in [2.75, 3.05) is 6.54 Å². The first-order valence-electron chi connectivity index (χ1n) is 6.28. The van der Waals surface area contributed by atoms with Gasteiger partial charge in [-0.2, -0.15) is 0 Å². The third-order valence-electron chi connectivity index (χ3n) is 3.07. The van der Waals surface area contributed by atoms with Gasteiger partial charge < -0.3 is 15.6 Å². The number of primary amides is 1. The van der Waals surface area contributed by atoms with Crippen LogP contribution in [0.5, 0.6) is 0 Å². The van der Waals surface area contributed by atoms with Crippen LogP contribution in [0.3, 0.4) is 0 Å². The van der Waals surface area contributed by atoms with Gasteiger partial charge in [0.1, 0.15) is 0 Å². The van der Waals surface area contributed by atoms with Gasteiger partial charge in [0.25, 0.3) is 0 Å². The van der Waals surface area contributed by atoms with Crippen LogP contribution < -0.4 is 11.1 Å². The van der Waals surface area contributed by atoms with Crippen LogP contribution in [0.1, 0.15) is 18.9 Å². The topological polar surface area (TPSA) is 60.1 Å². The molecule has 1 heterocycles. The van der Waals surface area contributed by atoms with E-state index >= 15 is 0 Å². The minimum atomic E-state index is -0.263. The number of aromatic nitrogens is 1. The average Bonchev–Trinajstić information content (AvgIpc) is 2.77. The first kappa shape index (κ1) is 12.6. The second-order valence-electron chi connectivity index (χ2n) is 4.36. The highest BCUT2D eigenvalue weighted by Gasteiger charge is 2.05. The number of fused-ring (bicyclic) bond motifs is 1. The van der Waals surface area contributed by atoms with Crippen molar-refractivity contribution in [2.45, 2.75) is 26.4 Å². The maximum Gasteiger partial charge on any atom is 0.219 e. The summed E-state index contributed by atoms with van der Waals surface area (Å²) in [7, 11) is 0. The van der Waals surface area contributed by atoms with Crippen LogP contribution in [0.25, 0.3) is 10.9 Å². The fraction of sp³-hybridized carbons (Fsp3) is 0.357. The van der Waals surface area contributed by atoms with Gasteiger partial charge >= 0.3 is 0 Å². The molecule has 0 fully saturated rings. The summed E-state index contributed by atoms with van der Waals surface area (Å²) in [6.07, 6.45) is 2.39. The molecule has 0 bridgehead atoms. The Hall–Kier alpha value is -1.81. The molecule has 2 aromatic rings. The number of hydrogen-bond donors (Lipinski definition) is 2. The maximum atomic E-state index is 10.8. The van der Waals surface area contributed by atoms with Crippen molar-refractivity contribution in [1.29, 1.82) is 0 Å². The van der Waals surface area contributed by atoms with Crippen molar-refractivity contribution in [3.8, 4) is 0 Å². The van der Waals surface area contributed by atoms with E-state index in [-0.39, 0.29) is 5.91 Å². The van der Waals surface area contributed by atoms with Crippen molar-refractivity contribution in [2.24, 2.45) is 5.73 Å². The number of benzene rings is 1. The highest BCUT2D eigenvalue weighted by molar-refractivity contribution is 5.84. The molecular formula is C14H19N3O. The van der Waals surface area contributed by atoms with Crippen molar-refractivity contribution in [1.82, 2.24) is 9.88 Å². The van der Waals surface area contributed by atoms with Gasteiger partial charge in [-0.05, 0) is 24.2 Å². The molecule has 0 aliphatic rings. The third-order valence-corrected chi connectivity index (χ3v) is 3.07. The minimum Gasteiger partial charge on any atom is -0.370 e. The van der Waals surface area contributed by atoms with E-state index < -0.39 is 0 Å². The summed E-state index contributed by atoms with van der Waals surface area (Å²) in [6, 6.07) is 8.36. The summed E-state index contributed by atoms with van der Waals surface area (Å²) in [5.41, 5.74) is 7.63. The lowest BCUT2D eigenvalue weighted by molar-refractivity contribution is -0.118. The molecule has 1 aromatic carbocycles. The summed E-state index contributed by atoms with van der Waals surface area (Å²) in [4.78, 5) is 10.8. The molecule has 1 aromatic heterocycles. The van der Waals surface area contributed by atoms with Gasteiger partial charge in [-0.15, -0.1) is 0 Å². The number of carbonyl (C=O) groups is 1. The molecule has 0 spiro atoms. The Balaban J connectivity index is 2.26. The zero-order valence-electron chi connectivity index (χ0n) is 10.6. The van der Waals surface area contributed by atoms with Crippen molar-refractivity contribution >= 4 is 16.8 Å². The fourth-order valence-electron chi connectivity index (χ4n) is 2.13. The zero-order chi connectivity index (χ0) is 13.0. The lowest BCUT2D eigenvalue weighted by atomic mass is 10.1. The van der Waals surface area contributed by atoms with E-state index in [0.717, 1.165) is 18.6 Å². The first-order valence-corrected chi connectivity index (χ1v) is 6.28. The van der Waals surface area contributed by atoms with Crippen LogP contribution in [0.2, 0.25) is 0 Å². The van der Waals surface area contributed by atoms with Crippen molar-refractivity contribution < 1.29 is 4.79 Å². The summed E-state index contributed by atoms with van der Waals surface area (Å²) in [5, 5.41) is 4.57. The van der Waals surface area contributed by atoms with Gasteiger partial charge in [-0.25, -0.2) is 0 Å². The third kappa shape index (κ3) is 2.71. The second-order valence-corrected chi connectivity index (χ2v) is 4.36. The van der Waals surface area contributed by atoms with Gasteiger partial charge in [0.2, 0.25) is 5.91 Å². The highest BCUT2D eigenvalue weighted by atomic mass is 16.1. The minimum absolute atomic E-state index is 0.263. The molecule has 96 valence electrons. The fourth-order valence-corrected chi connectivity index (χ4v) is 2.13. The standard InChI is InChI=1S/C14H19N3O/c1-2-16-10-11-4-3-5-13-12(11)6-8-17(13)9-7-14(15)18/h3-6,8,16H,2,7,9-10H2,1H3,(H2,15,18). The quantitative estimate of drug-likeness (QED) is 0.812. The van der Waals surface area contributed by atoms with Gasteiger partial charge in [-0.3, -0.25) is 4.79 Å². The molecule has 3 N–H and O–H groups in total. The Morgan fingerprint density at radius 3 is 2.94 bits per heavy atom. The number of carbonyl (C=O) groups excluding carboxylic acids is 1.